The second-order valence-corrected chi connectivity index (χ2v) is 7.84. The van der Waals surface area contributed by atoms with Crippen molar-refractivity contribution in [2.45, 2.75) is 18.6 Å². The Bertz CT molecular complexity index is 1230. The van der Waals surface area contributed by atoms with Crippen LogP contribution in [0.1, 0.15) is 21.9 Å². The number of nitrogens with zero attached hydrogens (tertiary/aromatic N) is 3. The van der Waals surface area contributed by atoms with Gasteiger partial charge >= 0.3 is 0 Å². The lowest BCUT2D eigenvalue weighted by Crippen LogP contribution is -2.25. The summed E-state index contributed by atoms with van der Waals surface area (Å²) in [6.45, 7) is 2.11. The van der Waals surface area contributed by atoms with Crippen molar-refractivity contribution >= 4 is 29.3 Å². The number of benzene rings is 1. The minimum absolute atomic E-state index is 0.110. The van der Waals surface area contributed by atoms with Crippen molar-refractivity contribution in [3.63, 3.8) is 0 Å². The van der Waals surface area contributed by atoms with Crippen LogP contribution in [0.4, 0.5) is 5.69 Å². The average molecular weight is 452 g/mol. The highest BCUT2D eigenvalue weighted by atomic mass is 32.2. The fourth-order valence-electron chi connectivity index (χ4n) is 3.07. The molecule has 3 heterocycles. The topological polar surface area (TPSA) is 115 Å². The van der Waals surface area contributed by atoms with Crippen LogP contribution >= 0.6 is 11.8 Å². The highest BCUT2D eigenvalue weighted by Gasteiger charge is 2.17. The molecule has 9 nitrogen and oxygen atoms in total. The lowest BCUT2D eigenvalue weighted by molar-refractivity contribution is -0.113. The van der Waals surface area contributed by atoms with Crippen LogP contribution in [0.15, 0.2) is 69.0 Å². The van der Waals surface area contributed by atoms with Gasteiger partial charge in [0, 0.05) is 7.05 Å². The Morgan fingerprint density at radius 1 is 1.06 bits per heavy atom. The summed E-state index contributed by atoms with van der Waals surface area (Å²) in [7, 11) is 1.83. The first-order chi connectivity index (χ1) is 15.5. The van der Waals surface area contributed by atoms with Gasteiger partial charge in [-0.15, -0.1) is 10.2 Å². The van der Waals surface area contributed by atoms with E-state index in [1.807, 2.05) is 24.6 Å². The van der Waals surface area contributed by atoms with Crippen molar-refractivity contribution < 1.29 is 18.4 Å². The Kier molecular flexibility index (Phi) is 6.41. The summed E-state index contributed by atoms with van der Waals surface area (Å²) in [5, 5.41) is 14.5. The highest BCUT2D eigenvalue weighted by Crippen LogP contribution is 2.26. The number of rotatable bonds is 8. The number of aryl methyl sites for hydroxylation is 1. The Labute approximate surface area is 188 Å². The number of nitrogens with one attached hydrogen (secondary N) is 2. The molecule has 2 N–H and O–H groups in total. The molecule has 0 aliphatic rings. The van der Waals surface area contributed by atoms with E-state index in [4.69, 9.17) is 8.83 Å². The highest BCUT2D eigenvalue weighted by molar-refractivity contribution is 7.99. The fourth-order valence-corrected chi connectivity index (χ4v) is 3.79. The molecule has 0 saturated heterocycles. The number of para-hydroxylation sites is 1. The molecule has 2 amide bonds. The molecule has 164 valence electrons. The molecule has 0 aliphatic heterocycles. The largest absolute Gasteiger partial charge is 0.469 e. The smallest absolute Gasteiger partial charge is 0.253 e. The van der Waals surface area contributed by atoms with Gasteiger partial charge in [-0.1, -0.05) is 23.9 Å². The summed E-state index contributed by atoms with van der Waals surface area (Å²) >= 11 is 1.25. The van der Waals surface area contributed by atoms with Crippen molar-refractivity contribution in [1.82, 2.24) is 20.1 Å². The number of hydrogen-bond donors (Lipinski definition) is 2. The first-order valence-electron chi connectivity index (χ1n) is 9.79. The van der Waals surface area contributed by atoms with E-state index >= 15 is 0 Å². The van der Waals surface area contributed by atoms with Crippen molar-refractivity contribution in [1.29, 1.82) is 0 Å². The Hall–Kier alpha value is -3.79. The molecule has 10 heteroatoms. The normalized spacial score (nSPS) is 10.8. The maximum Gasteiger partial charge on any atom is 0.253 e. The van der Waals surface area contributed by atoms with Gasteiger partial charge < -0.3 is 24.0 Å². The standard InChI is InChI=1S/C22H21N5O4S/c1-14-16(9-11-30-14)20-25-26-22(27(20)2)32-13-19(28)24-18-8-4-3-7-17(18)21(29)23-12-15-6-5-10-31-15/h3-11H,12-13H2,1-2H3,(H,23,29)(H,24,28). The molecule has 0 spiro atoms. The lowest BCUT2D eigenvalue weighted by Gasteiger charge is -2.11. The third-order valence-electron chi connectivity index (χ3n) is 4.72. The number of aromatic nitrogens is 3. The van der Waals surface area contributed by atoms with Crippen LogP contribution in [0.25, 0.3) is 11.4 Å². The molecule has 0 fully saturated rings. The summed E-state index contributed by atoms with van der Waals surface area (Å²) < 4.78 is 12.4. The lowest BCUT2D eigenvalue weighted by atomic mass is 10.1. The van der Waals surface area contributed by atoms with E-state index in [1.54, 1.807) is 48.9 Å². The molecule has 0 unspecified atom stereocenters. The summed E-state index contributed by atoms with van der Waals surface area (Å²) in [5.74, 6) is 1.60. The van der Waals surface area contributed by atoms with Gasteiger partial charge in [-0.05, 0) is 37.3 Å². The average Bonchev–Trinajstić information content (AvgIpc) is 3.53. The molecular weight excluding hydrogens is 430 g/mol. The second kappa shape index (κ2) is 9.56. The SMILES string of the molecule is Cc1occc1-c1nnc(SCC(=O)Nc2ccccc2C(=O)NCc2ccco2)n1C. The van der Waals surface area contributed by atoms with Crippen molar-refractivity contribution in [3.05, 3.63) is 72.1 Å². The van der Waals surface area contributed by atoms with Crippen LogP contribution in [0.3, 0.4) is 0 Å². The van der Waals surface area contributed by atoms with Crippen molar-refractivity contribution in [2.75, 3.05) is 11.1 Å². The van der Waals surface area contributed by atoms with E-state index in [0.717, 1.165) is 11.3 Å². The third-order valence-corrected chi connectivity index (χ3v) is 5.74. The Morgan fingerprint density at radius 2 is 1.91 bits per heavy atom. The number of anilines is 1. The van der Waals surface area contributed by atoms with Crippen LogP contribution in [0, 0.1) is 6.92 Å². The van der Waals surface area contributed by atoms with E-state index in [2.05, 4.69) is 20.8 Å². The van der Waals surface area contributed by atoms with Crippen molar-refractivity contribution in [3.8, 4) is 11.4 Å². The zero-order chi connectivity index (χ0) is 22.5. The predicted octanol–water partition coefficient (Wildman–Crippen LogP) is 3.64. The number of carbonyl (C=O) groups excluding carboxylic acids is 2. The van der Waals surface area contributed by atoms with Gasteiger partial charge in [-0.2, -0.15) is 0 Å². The second-order valence-electron chi connectivity index (χ2n) is 6.90. The first-order valence-corrected chi connectivity index (χ1v) is 10.8. The minimum Gasteiger partial charge on any atom is -0.469 e. The molecular formula is C22H21N5O4S. The number of carbonyl (C=O) groups is 2. The number of amides is 2. The predicted molar refractivity (Wildman–Crippen MR) is 119 cm³/mol. The van der Waals surface area contributed by atoms with Gasteiger partial charge in [-0.3, -0.25) is 9.59 Å². The molecule has 4 aromatic rings. The fraction of sp³-hybridized carbons (Fsp3) is 0.182. The van der Waals surface area contributed by atoms with Gasteiger partial charge in [0.05, 0.1) is 41.6 Å². The molecule has 0 saturated carbocycles. The van der Waals surface area contributed by atoms with Gasteiger partial charge in [0.1, 0.15) is 11.5 Å². The van der Waals surface area contributed by atoms with E-state index in [9.17, 15) is 9.59 Å². The molecule has 0 aliphatic carbocycles. The monoisotopic (exact) mass is 451 g/mol. The molecule has 0 radical (unpaired) electrons. The van der Waals surface area contributed by atoms with Crippen molar-refractivity contribution in [2.24, 2.45) is 7.05 Å². The van der Waals surface area contributed by atoms with Crippen LogP contribution in [0.2, 0.25) is 0 Å². The number of hydrogen-bond acceptors (Lipinski definition) is 7. The maximum absolute atomic E-state index is 12.6. The molecule has 4 rings (SSSR count). The van der Waals surface area contributed by atoms with E-state index in [1.165, 1.54) is 11.8 Å². The van der Waals surface area contributed by atoms with Gasteiger partial charge in [-0.25, -0.2) is 0 Å². The molecule has 1 aromatic carbocycles. The van der Waals surface area contributed by atoms with Crippen LogP contribution in [-0.4, -0.2) is 32.3 Å². The zero-order valence-corrected chi connectivity index (χ0v) is 18.3. The Balaban J connectivity index is 1.37. The van der Waals surface area contributed by atoms with Crippen LogP contribution in [-0.2, 0) is 18.4 Å². The molecule has 0 atom stereocenters. The summed E-state index contributed by atoms with van der Waals surface area (Å²) in [5.41, 5.74) is 1.65. The molecule has 3 aromatic heterocycles. The quantitative estimate of drug-likeness (QED) is 0.393. The maximum atomic E-state index is 12.6. The Morgan fingerprint density at radius 3 is 2.66 bits per heavy atom. The van der Waals surface area contributed by atoms with Gasteiger partial charge in [0.2, 0.25) is 5.91 Å². The number of furan rings is 2. The van der Waals surface area contributed by atoms with E-state index < -0.39 is 0 Å². The molecule has 32 heavy (non-hydrogen) atoms. The molecule has 0 bridgehead atoms. The van der Waals surface area contributed by atoms with E-state index in [0.29, 0.717) is 28.0 Å². The van der Waals surface area contributed by atoms with Gasteiger partial charge in [0.15, 0.2) is 11.0 Å². The third kappa shape index (κ3) is 4.75. The summed E-state index contributed by atoms with van der Waals surface area (Å²) in [4.78, 5) is 25.1. The van der Waals surface area contributed by atoms with Gasteiger partial charge in [0.25, 0.3) is 5.91 Å². The van der Waals surface area contributed by atoms with Crippen LogP contribution in [0.5, 0.6) is 0 Å². The minimum atomic E-state index is -0.307. The zero-order valence-electron chi connectivity index (χ0n) is 17.5. The summed E-state index contributed by atoms with van der Waals surface area (Å²) in [6.07, 6.45) is 3.14. The number of thioether (sulfide) groups is 1. The first kappa shape index (κ1) is 21.4. The van der Waals surface area contributed by atoms with E-state index in [-0.39, 0.29) is 24.1 Å². The summed E-state index contributed by atoms with van der Waals surface area (Å²) in [6, 6.07) is 12.2. The van der Waals surface area contributed by atoms with Crippen LogP contribution < -0.4 is 10.6 Å².